The molecule has 26 heavy (non-hydrogen) atoms. The number of fused-ring (bicyclic) bond motifs is 4. The highest BCUT2D eigenvalue weighted by molar-refractivity contribution is 7.26. The van der Waals surface area contributed by atoms with Gasteiger partial charge in [0.2, 0.25) is 0 Å². The van der Waals surface area contributed by atoms with Crippen molar-refractivity contribution in [2.24, 2.45) is 0 Å². The van der Waals surface area contributed by atoms with Crippen LogP contribution >= 0.6 is 22.7 Å². The molecule has 0 spiro atoms. The number of benzene rings is 2. The van der Waals surface area contributed by atoms with E-state index in [2.05, 4.69) is 19.6 Å². The molecule has 2 heterocycles. The minimum Gasteiger partial charge on any atom is -0.207 e. The summed E-state index contributed by atoms with van der Waals surface area (Å²) in [6.45, 7) is 7.49. The van der Waals surface area contributed by atoms with Gasteiger partial charge in [0.15, 0.2) is 0 Å². The molecule has 0 atom stereocenters. The fraction of sp³-hybridized carbons (Fsp3) is 0.273. The summed E-state index contributed by atoms with van der Waals surface area (Å²) in [5.41, 5.74) is 1.41. The first-order valence-electron chi connectivity index (χ1n) is 8.92. The fourth-order valence-corrected chi connectivity index (χ4v) is 5.95. The maximum atomic E-state index is 14.9. The molecule has 0 aliphatic rings. The molecule has 2 aromatic heterocycles. The SMILES string of the molecule is C=C(F)c1cc2c(cc1C)sc1cc3sc(CCCCC)c(F)c3cc12. The molecule has 134 valence electrons. The minimum atomic E-state index is -0.426. The quantitative estimate of drug-likeness (QED) is 0.302. The number of hydrogen-bond donors (Lipinski definition) is 0. The monoisotopic (exact) mass is 386 g/mol. The van der Waals surface area contributed by atoms with Crippen molar-refractivity contribution in [3.8, 4) is 0 Å². The van der Waals surface area contributed by atoms with Crippen molar-refractivity contribution in [1.82, 2.24) is 0 Å². The van der Waals surface area contributed by atoms with E-state index < -0.39 is 5.83 Å². The van der Waals surface area contributed by atoms with Crippen LogP contribution in [0.4, 0.5) is 8.78 Å². The first-order valence-corrected chi connectivity index (χ1v) is 10.6. The Kier molecular flexibility index (Phi) is 4.57. The number of hydrogen-bond acceptors (Lipinski definition) is 2. The van der Waals surface area contributed by atoms with Crippen LogP contribution in [0.15, 0.2) is 30.8 Å². The van der Waals surface area contributed by atoms with E-state index in [1.165, 1.54) is 0 Å². The van der Waals surface area contributed by atoms with Crippen molar-refractivity contribution in [3.63, 3.8) is 0 Å². The van der Waals surface area contributed by atoms with Crippen LogP contribution in [0.5, 0.6) is 0 Å². The maximum absolute atomic E-state index is 14.9. The molecule has 0 fully saturated rings. The Morgan fingerprint density at radius 1 is 0.962 bits per heavy atom. The summed E-state index contributed by atoms with van der Waals surface area (Å²) in [5, 5.41) is 2.66. The second kappa shape index (κ2) is 6.75. The lowest BCUT2D eigenvalue weighted by atomic mass is 10.0. The average molecular weight is 387 g/mol. The standard InChI is InChI=1S/C22H20F2S2/c1-4-5-6-7-18-22(24)17-10-16-15-9-14(13(3)23)12(2)8-19(15)26-20(16)11-21(17)25-18/h8-11H,3-7H2,1-2H3. The van der Waals surface area contributed by atoms with Crippen molar-refractivity contribution in [2.45, 2.75) is 39.5 Å². The summed E-state index contributed by atoms with van der Waals surface area (Å²) in [5.74, 6) is -0.505. The van der Waals surface area contributed by atoms with Crippen molar-refractivity contribution in [1.29, 1.82) is 0 Å². The molecule has 4 rings (SSSR count). The Labute approximate surface area is 159 Å². The number of thiophene rings is 2. The minimum absolute atomic E-state index is 0.0791. The highest BCUT2D eigenvalue weighted by atomic mass is 32.1. The van der Waals surface area contributed by atoms with Gasteiger partial charge in [0.25, 0.3) is 0 Å². The summed E-state index contributed by atoms with van der Waals surface area (Å²) in [6, 6.07) is 7.88. The Balaban J connectivity index is 1.91. The molecule has 0 unspecified atom stereocenters. The third-order valence-corrected chi connectivity index (χ3v) is 7.24. The van der Waals surface area contributed by atoms with E-state index in [4.69, 9.17) is 0 Å². The molecular formula is C22H20F2S2. The summed E-state index contributed by atoms with van der Waals surface area (Å²) < 4.78 is 31.9. The zero-order valence-electron chi connectivity index (χ0n) is 14.9. The van der Waals surface area contributed by atoms with Crippen LogP contribution in [-0.4, -0.2) is 0 Å². The smallest absolute Gasteiger partial charge is 0.144 e. The summed E-state index contributed by atoms with van der Waals surface area (Å²) in [7, 11) is 0. The van der Waals surface area contributed by atoms with Crippen LogP contribution in [0.3, 0.4) is 0 Å². The van der Waals surface area contributed by atoms with Crippen molar-refractivity contribution in [2.75, 3.05) is 0 Å². The lowest BCUT2D eigenvalue weighted by molar-refractivity contribution is 0.618. The third-order valence-electron chi connectivity index (χ3n) is 4.93. The van der Waals surface area contributed by atoms with Crippen molar-refractivity contribution in [3.05, 3.63) is 52.7 Å². The van der Waals surface area contributed by atoms with E-state index in [0.717, 1.165) is 61.0 Å². The van der Waals surface area contributed by atoms with Gasteiger partial charge in [-0.3, -0.25) is 0 Å². The highest BCUT2D eigenvalue weighted by Crippen LogP contribution is 2.41. The van der Waals surface area contributed by atoms with Crippen LogP contribution in [0.2, 0.25) is 0 Å². The molecule has 0 amide bonds. The second-order valence-corrected chi connectivity index (χ2v) is 9.03. The van der Waals surface area contributed by atoms with E-state index in [0.29, 0.717) is 10.9 Å². The van der Waals surface area contributed by atoms with Gasteiger partial charge in [-0.15, -0.1) is 22.7 Å². The van der Waals surface area contributed by atoms with Crippen LogP contribution in [0.25, 0.3) is 36.1 Å². The molecular weight excluding hydrogens is 366 g/mol. The largest absolute Gasteiger partial charge is 0.207 e. The number of rotatable bonds is 5. The molecule has 0 aliphatic carbocycles. The Morgan fingerprint density at radius 3 is 2.38 bits per heavy atom. The Bertz CT molecular complexity index is 1150. The maximum Gasteiger partial charge on any atom is 0.144 e. The van der Waals surface area contributed by atoms with Gasteiger partial charge in [0.1, 0.15) is 11.6 Å². The zero-order chi connectivity index (χ0) is 18.4. The Hall–Kier alpha value is -1.78. The third kappa shape index (κ3) is 2.85. The van der Waals surface area contributed by atoms with Crippen LogP contribution in [0, 0.1) is 12.7 Å². The van der Waals surface area contributed by atoms with Gasteiger partial charge in [-0.05, 0) is 49.6 Å². The van der Waals surface area contributed by atoms with Crippen LogP contribution in [0.1, 0.15) is 42.2 Å². The summed E-state index contributed by atoms with van der Waals surface area (Å²) in [4.78, 5) is 0.851. The predicted molar refractivity (Wildman–Crippen MR) is 113 cm³/mol. The van der Waals surface area contributed by atoms with Gasteiger partial charge < -0.3 is 0 Å². The summed E-state index contributed by atoms with van der Waals surface area (Å²) in [6.07, 6.45) is 4.09. The van der Waals surface area contributed by atoms with Gasteiger partial charge in [-0.1, -0.05) is 26.3 Å². The van der Waals surface area contributed by atoms with Gasteiger partial charge in [0, 0.05) is 40.7 Å². The highest BCUT2D eigenvalue weighted by Gasteiger charge is 2.16. The van der Waals surface area contributed by atoms with E-state index in [9.17, 15) is 8.78 Å². The first kappa shape index (κ1) is 17.6. The Morgan fingerprint density at radius 2 is 1.65 bits per heavy atom. The van der Waals surface area contributed by atoms with Gasteiger partial charge >= 0.3 is 0 Å². The second-order valence-electron chi connectivity index (χ2n) is 6.81. The molecule has 0 radical (unpaired) electrons. The van der Waals surface area contributed by atoms with Crippen molar-refractivity contribution >= 4 is 58.8 Å². The van der Waals surface area contributed by atoms with E-state index in [1.54, 1.807) is 22.7 Å². The van der Waals surface area contributed by atoms with Gasteiger partial charge in [-0.2, -0.15) is 0 Å². The van der Waals surface area contributed by atoms with Gasteiger partial charge in [0.05, 0.1) is 0 Å². The number of unbranched alkanes of at least 4 members (excludes halogenated alkanes) is 2. The topological polar surface area (TPSA) is 0 Å². The number of halogens is 2. The van der Waals surface area contributed by atoms with E-state index in [1.807, 2.05) is 25.1 Å². The lowest BCUT2D eigenvalue weighted by Gasteiger charge is -2.03. The molecule has 0 saturated heterocycles. The normalized spacial score (nSPS) is 11.8. The molecule has 0 saturated carbocycles. The zero-order valence-corrected chi connectivity index (χ0v) is 16.6. The molecule has 0 N–H and O–H groups in total. The molecule has 2 aromatic carbocycles. The number of aryl methyl sites for hydroxylation is 2. The first-order chi connectivity index (χ1) is 12.5. The van der Waals surface area contributed by atoms with E-state index in [-0.39, 0.29) is 5.82 Å². The molecule has 0 nitrogen and oxygen atoms in total. The molecule has 0 bridgehead atoms. The summed E-state index contributed by atoms with van der Waals surface area (Å²) >= 11 is 3.25. The lowest BCUT2D eigenvalue weighted by Crippen LogP contribution is -1.84. The predicted octanol–water partition coefficient (Wildman–Crippen LogP) is 8.39. The van der Waals surface area contributed by atoms with E-state index >= 15 is 0 Å². The van der Waals surface area contributed by atoms with Crippen molar-refractivity contribution < 1.29 is 8.78 Å². The fourth-order valence-electron chi connectivity index (χ4n) is 3.52. The van der Waals surface area contributed by atoms with Gasteiger partial charge in [-0.25, -0.2) is 8.78 Å². The van der Waals surface area contributed by atoms with Crippen LogP contribution < -0.4 is 0 Å². The molecule has 4 heteroatoms. The van der Waals surface area contributed by atoms with Crippen LogP contribution in [-0.2, 0) is 6.42 Å². The average Bonchev–Trinajstić information content (AvgIpc) is 3.09. The molecule has 0 aliphatic heterocycles. The molecule has 4 aromatic rings.